The van der Waals surface area contributed by atoms with Gasteiger partial charge < -0.3 is 25.6 Å². The monoisotopic (exact) mass is 261 g/mol. The zero-order valence-electron chi connectivity index (χ0n) is 10.1. The molecule has 0 bridgehead atoms. The van der Waals surface area contributed by atoms with E-state index in [2.05, 4.69) is 9.69 Å². The van der Waals surface area contributed by atoms with Gasteiger partial charge in [0.15, 0.2) is 16.6 Å². The smallest absolute Gasteiger partial charge is 0.197 e. The van der Waals surface area contributed by atoms with E-state index in [1.54, 1.807) is 0 Å². The second-order valence-electron chi connectivity index (χ2n) is 3.66. The Hall–Kier alpha value is -1.05. The van der Waals surface area contributed by atoms with E-state index >= 15 is 0 Å². The van der Waals surface area contributed by atoms with Crippen LogP contribution in [-0.4, -0.2) is 41.9 Å². The highest BCUT2D eigenvalue weighted by Crippen LogP contribution is 2.35. The van der Waals surface area contributed by atoms with E-state index in [-0.39, 0.29) is 12.7 Å². The van der Waals surface area contributed by atoms with Gasteiger partial charge >= 0.3 is 0 Å². The lowest BCUT2D eigenvalue weighted by Gasteiger charge is -2.11. The first-order chi connectivity index (χ1) is 8.15. The van der Waals surface area contributed by atoms with Gasteiger partial charge in [0.1, 0.15) is 0 Å². The lowest BCUT2D eigenvalue weighted by atomic mass is 10.4. The molecule has 0 aliphatic carbocycles. The van der Waals surface area contributed by atoms with E-state index in [0.717, 1.165) is 5.00 Å². The standard InChI is InChI=1S/C10H19N3O3S/c1-7(2)16-8-9(11)13-17-10(8)12-3-5-15-6-4-14/h7,12,14H,3-6H2,1-2H3,(H2,11,13). The van der Waals surface area contributed by atoms with Crippen LogP contribution in [0.15, 0.2) is 0 Å². The molecule has 0 radical (unpaired) electrons. The fourth-order valence-corrected chi connectivity index (χ4v) is 1.83. The van der Waals surface area contributed by atoms with Crippen LogP contribution in [0.5, 0.6) is 5.75 Å². The van der Waals surface area contributed by atoms with Gasteiger partial charge in [-0.2, -0.15) is 4.37 Å². The highest BCUT2D eigenvalue weighted by atomic mass is 32.1. The fraction of sp³-hybridized carbons (Fsp3) is 0.700. The number of nitrogens with two attached hydrogens (primary N) is 1. The Morgan fingerprint density at radius 1 is 1.47 bits per heavy atom. The number of nitrogen functional groups attached to an aromatic ring is 1. The number of hydrogen-bond donors (Lipinski definition) is 3. The van der Waals surface area contributed by atoms with Gasteiger partial charge in [-0.05, 0) is 25.4 Å². The van der Waals surface area contributed by atoms with Crippen molar-refractivity contribution < 1.29 is 14.6 Å². The van der Waals surface area contributed by atoms with Gasteiger partial charge in [0.05, 0.1) is 25.9 Å². The summed E-state index contributed by atoms with van der Waals surface area (Å²) in [4.78, 5) is 0. The van der Waals surface area contributed by atoms with Crippen LogP contribution in [0.3, 0.4) is 0 Å². The average molecular weight is 261 g/mol. The maximum Gasteiger partial charge on any atom is 0.197 e. The molecule has 0 unspecified atom stereocenters. The molecule has 17 heavy (non-hydrogen) atoms. The Bertz CT molecular complexity index is 331. The molecule has 1 heterocycles. The number of aliphatic hydroxyl groups is 1. The second-order valence-corrected chi connectivity index (χ2v) is 4.43. The molecule has 1 aromatic heterocycles. The molecule has 98 valence electrons. The molecule has 6 nitrogen and oxygen atoms in total. The van der Waals surface area contributed by atoms with E-state index in [9.17, 15) is 0 Å². The third-order valence-corrected chi connectivity index (χ3v) is 2.60. The first kappa shape index (κ1) is 14.0. The molecule has 0 amide bonds. The highest BCUT2D eigenvalue weighted by molar-refractivity contribution is 7.11. The fourth-order valence-electron chi connectivity index (χ4n) is 1.16. The second kappa shape index (κ2) is 7.31. The van der Waals surface area contributed by atoms with Crippen molar-refractivity contribution in [1.82, 2.24) is 4.37 Å². The Kier molecular flexibility index (Phi) is 6.03. The van der Waals surface area contributed by atoms with Crippen LogP contribution in [0.1, 0.15) is 13.8 Å². The van der Waals surface area contributed by atoms with Gasteiger partial charge in [-0.1, -0.05) is 0 Å². The summed E-state index contributed by atoms with van der Waals surface area (Å²) in [6.07, 6.45) is 0.0555. The number of anilines is 2. The number of aromatic nitrogens is 1. The van der Waals surface area contributed by atoms with Gasteiger partial charge in [-0.3, -0.25) is 0 Å². The number of aliphatic hydroxyl groups excluding tert-OH is 1. The van der Waals surface area contributed by atoms with Crippen LogP contribution in [0.4, 0.5) is 10.8 Å². The summed E-state index contributed by atoms with van der Waals surface area (Å²) in [7, 11) is 0. The Morgan fingerprint density at radius 3 is 2.88 bits per heavy atom. The summed E-state index contributed by atoms with van der Waals surface area (Å²) in [6, 6.07) is 0. The van der Waals surface area contributed by atoms with Crippen molar-refractivity contribution in [3.05, 3.63) is 0 Å². The van der Waals surface area contributed by atoms with Crippen molar-refractivity contribution in [1.29, 1.82) is 0 Å². The Balaban J connectivity index is 2.42. The average Bonchev–Trinajstić information content (AvgIpc) is 2.60. The third kappa shape index (κ3) is 4.76. The first-order valence-electron chi connectivity index (χ1n) is 5.49. The largest absolute Gasteiger partial charge is 0.484 e. The minimum absolute atomic E-state index is 0.0369. The molecule has 0 atom stereocenters. The first-order valence-corrected chi connectivity index (χ1v) is 6.26. The van der Waals surface area contributed by atoms with E-state index in [1.165, 1.54) is 11.5 Å². The Morgan fingerprint density at radius 2 is 2.24 bits per heavy atom. The predicted molar refractivity (Wildman–Crippen MR) is 68.7 cm³/mol. The van der Waals surface area contributed by atoms with Crippen LogP contribution < -0.4 is 15.8 Å². The van der Waals surface area contributed by atoms with Gasteiger partial charge in [0.25, 0.3) is 0 Å². The van der Waals surface area contributed by atoms with Gasteiger partial charge in [-0.25, -0.2) is 0 Å². The summed E-state index contributed by atoms with van der Waals surface area (Å²) in [5, 5.41) is 12.5. The minimum Gasteiger partial charge on any atom is -0.484 e. The number of hydrogen-bond acceptors (Lipinski definition) is 7. The minimum atomic E-state index is 0.0369. The predicted octanol–water partition coefficient (Wildman–Crippen LogP) is 0.933. The van der Waals surface area contributed by atoms with Crippen molar-refractivity contribution in [2.75, 3.05) is 37.4 Å². The lowest BCUT2D eigenvalue weighted by molar-refractivity contribution is 0.0992. The molecular formula is C10H19N3O3S. The molecule has 0 fully saturated rings. The summed E-state index contributed by atoms with van der Waals surface area (Å²) in [5.41, 5.74) is 5.71. The lowest BCUT2D eigenvalue weighted by Crippen LogP contribution is -2.12. The molecule has 0 saturated carbocycles. The molecular weight excluding hydrogens is 242 g/mol. The molecule has 1 rings (SSSR count). The van der Waals surface area contributed by atoms with Gasteiger partial charge in [0.2, 0.25) is 0 Å². The molecule has 0 aliphatic heterocycles. The molecule has 0 aliphatic rings. The summed E-state index contributed by atoms with van der Waals surface area (Å²) >= 11 is 1.27. The maximum atomic E-state index is 8.54. The number of nitrogens with one attached hydrogen (secondary N) is 1. The van der Waals surface area contributed by atoms with Crippen LogP contribution in [0.25, 0.3) is 0 Å². The third-order valence-electron chi connectivity index (χ3n) is 1.80. The molecule has 0 saturated heterocycles. The Labute approximate surface area is 105 Å². The highest BCUT2D eigenvalue weighted by Gasteiger charge is 2.13. The van der Waals surface area contributed by atoms with E-state index in [1.807, 2.05) is 13.8 Å². The molecule has 1 aromatic rings. The van der Waals surface area contributed by atoms with Crippen molar-refractivity contribution >= 4 is 22.4 Å². The SMILES string of the molecule is CC(C)Oc1c(N)nsc1NCCOCCO. The van der Waals surface area contributed by atoms with Crippen LogP contribution in [0, 0.1) is 0 Å². The summed E-state index contributed by atoms with van der Waals surface area (Å²) in [6.45, 7) is 5.39. The van der Waals surface area contributed by atoms with Crippen molar-refractivity contribution in [3.63, 3.8) is 0 Å². The van der Waals surface area contributed by atoms with Gasteiger partial charge in [-0.15, -0.1) is 0 Å². The van der Waals surface area contributed by atoms with E-state index in [0.29, 0.717) is 31.3 Å². The zero-order valence-corrected chi connectivity index (χ0v) is 10.9. The quantitative estimate of drug-likeness (QED) is 0.603. The summed E-state index contributed by atoms with van der Waals surface area (Å²) < 4.78 is 14.7. The normalized spacial score (nSPS) is 10.8. The van der Waals surface area contributed by atoms with E-state index in [4.69, 9.17) is 20.3 Å². The summed E-state index contributed by atoms with van der Waals surface area (Å²) in [5.74, 6) is 1.01. The van der Waals surface area contributed by atoms with Crippen LogP contribution in [0.2, 0.25) is 0 Å². The van der Waals surface area contributed by atoms with Crippen LogP contribution in [-0.2, 0) is 4.74 Å². The van der Waals surface area contributed by atoms with Crippen molar-refractivity contribution in [2.45, 2.75) is 20.0 Å². The maximum absolute atomic E-state index is 8.54. The van der Waals surface area contributed by atoms with E-state index < -0.39 is 0 Å². The molecule has 4 N–H and O–H groups in total. The molecule has 7 heteroatoms. The topological polar surface area (TPSA) is 89.6 Å². The van der Waals surface area contributed by atoms with Crippen LogP contribution >= 0.6 is 11.5 Å². The zero-order chi connectivity index (χ0) is 12.7. The number of nitrogens with zero attached hydrogens (tertiary/aromatic N) is 1. The van der Waals surface area contributed by atoms with Gasteiger partial charge in [0, 0.05) is 6.54 Å². The number of ether oxygens (including phenoxy) is 2. The van der Waals surface area contributed by atoms with Crippen molar-refractivity contribution in [2.24, 2.45) is 0 Å². The molecule has 0 aromatic carbocycles. The molecule has 0 spiro atoms. The number of rotatable bonds is 8. The van der Waals surface area contributed by atoms with Crippen molar-refractivity contribution in [3.8, 4) is 5.75 Å².